The van der Waals surface area contributed by atoms with E-state index in [1.165, 1.54) is 0 Å². The normalized spacial score (nSPS) is 10.9. The molecule has 4 rings (SSSR count). The lowest BCUT2D eigenvalue weighted by molar-refractivity contribution is 0.102. The molecule has 1 amide bonds. The number of aryl methyl sites for hydroxylation is 1. The van der Waals surface area contributed by atoms with Gasteiger partial charge in [-0.2, -0.15) is 10.2 Å². The highest BCUT2D eigenvalue weighted by atomic mass is 35.5. The van der Waals surface area contributed by atoms with Crippen molar-refractivity contribution in [2.24, 2.45) is 0 Å². The molecule has 0 fully saturated rings. The van der Waals surface area contributed by atoms with E-state index < -0.39 is 0 Å². The molecule has 0 unspecified atom stereocenters. The molecule has 152 valence electrons. The Kier molecular flexibility index (Phi) is 5.68. The van der Waals surface area contributed by atoms with Gasteiger partial charge in [0.2, 0.25) is 0 Å². The smallest absolute Gasteiger partial charge is 0.255 e. The molecule has 0 bridgehead atoms. The van der Waals surface area contributed by atoms with Crippen LogP contribution in [0.15, 0.2) is 67.0 Å². The molecule has 0 aliphatic rings. The Morgan fingerprint density at radius 3 is 2.53 bits per heavy atom. The van der Waals surface area contributed by atoms with E-state index >= 15 is 0 Å². The molecule has 2 aromatic heterocycles. The van der Waals surface area contributed by atoms with E-state index in [1.807, 2.05) is 84.0 Å². The van der Waals surface area contributed by atoms with E-state index in [0.717, 1.165) is 28.2 Å². The van der Waals surface area contributed by atoms with Gasteiger partial charge in [0.05, 0.1) is 30.2 Å². The van der Waals surface area contributed by atoms with Crippen LogP contribution in [0.4, 0.5) is 5.69 Å². The average Bonchev–Trinajstić information content (AvgIpc) is 3.32. The highest BCUT2D eigenvalue weighted by Crippen LogP contribution is 2.22. The summed E-state index contributed by atoms with van der Waals surface area (Å²) in [5.74, 6) is -0.161. The Bertz CT molecular complexity index is 1180. The van der Waals surface area contributed by atoms with Gasteiger partial charge in [0.15, 0.2) is 0 Å². The first-order valence-electron chi connectivity index (χ1n) is 9.66. The highest BCUT2D eigenvalue weighted by Gasteiger charge is 2.16. The van der Waals surface area contributed by atoms with Crippen molar-refractivity contribution >= 4 is 23.2 Å². The van der Waals surface area contributed by atoms with Gasteiger partial charge >= 0.3 is 0 Å². The highest BCUT2D eigenvalue weighted by molar-refractivity contribution is 6.30. The minimum atomic E-state index is -0.161. The Morgan fingerprint density at radius 1 is 1.03 bits per heavy atom. The standard InChI is InChI=1S/C23H22ClN5O/c1-16-22(17(2)29(27-16)15-19-7-4-9-21(24)13-19)26-23(30)20-8-3-6-18(12-20)14-28-11-5-10-25-28/h3-13H,14-15H2,1-2H3,(H,26,30). The first-order chi connectivity index (χ1) is 14.5. The minimum absolute atomic E-state index is 0.161. The van der Waals surface area contributed by atoms with Crippen molar-refractivity contribution < 1.29 is 4.79 Å². The van der Waals surface area contributed by atoms with E-state index in [0.29, 0.717) is 23.7 Å². The summed E-state index contributed by atoms with van der Waals surface area (Å²) in [5.41, 5.74) is 5.07. The van der Waals surface area contributed by atoms with Crippen LogP contribution < -0.4 is 5.32 Å². The molecule has 2 aromatic carbocycles. The van der Waals surface area contributed by atoms with Crippen molar-refractivity contribution in [2.75, 3.05) is 5.32 Å². The summed E-state index contributed by atoms with van der Waals surface area (Å²) in [6.07, 6.45) is 3.64. The zero-order valence-electron chi connectivity index (χ0n) is 16.8. The van der Waals surface area contributed by atoms with Crippen molar-refractivity contribution in [1.82, 2.24) is 19.6 Å². The van der Waals surface area contributed by atoms with Gasteiger partial charge in [0.1, 0.15) is 0 Å². The van der Waals surface area contributed by atoms with E-state index in [9.17, 15) is 4.79 Å². The zero-order valence-corrected chi connectivity index (χ0v) is 17.6. The maximum absolute atomic E-state index is 12.9. The lowest BCUT2D eigenvalue weighted by Gasteiger charge is -2.09. The minimum Gasteiger partial charge on any atom is -0.319 e. The van der Waals surface area contributed by atoms with Crippen LogP contribution in [0, 0.1) is 13.8 Å². The Morgan fingerprint density at radius 2 is 1.80 bits per heavy atom. The summed E-state index contributed by atoms with van der Waals surface area (Å²) in [4.78, 5) is 12.9. The second kappa shape index (κ2) is 8.55. The number of rotatable bonds is 6. The van der Waals surface area contributed by atoms with Gasteiger partial charge in [-0.15, -0.1) is 0 Å². The molecular weight excluding hydrogens is 398 g/mol. The number of carbonyl (C=O) groups excluding carboxylic acids is 1. The molecule has 0 atom stereocenters. The summed E-state index contributed by atoms with van der Waals surface area (Å²) >= 11 is 6.09. The molecule has 0 spiro atoms. The molecule has 0 saturated carbocycles. The SMILES string of the molecule is Cc1nn(Cc2cccc(Cl)c2)c(C)c1NC(=O)c1cccc(Cn2cccn2)c1. The number of hydrogen-bond donors (Lipinski definition) is 1. The number of anilines is 1. The van der Waals surface area contributed by atoms with Crippen LogP contribution >= 0.6 is 11.6 Å². The zero-order chi connectivity index (χ0) is 21.1. The molecule has 0 saturated heterocycles. The van der Waals surface area contributed by atoms with Crippen molar-refractivity contribution in [3.05, 3.63) is 100 Å². The monoisotopic (exact) mass is 419 g/mol. The van der Waals surface area contributed by atoms with Crippen LogP contribution in [-0.4, -0.2) is 25.5 Å². The third kappa shape index (κ3) is 4.44. The first kappa shape index (κ1) is 19.9. The molecule has 4 aromatic rings. The van der Waals surface area contributed by atoms with Crippen molar-refractivity contribution in [1.29, 1.82) is 0 Å². The lowest BCUT2D eigenvalue weighted by Crippen LogP contribution is -2.14. The van der Waals surface area contributed by atoms with Crippen molar-refractivity contribution in [3.8, 4) is 0 Å². The second-order valence-electron chi connectivity index (χ2n) is 7.19. The Hall–Kier alpha value is -3.38. The molecular formula is C23H22ClN5O. The Balaban J connectivity index is 1.51. The van der Waals surface area contributed by atoms with E-state index in [2.05, 4.69) is 15.5 Å². The van der Waals surface area contributed by atoms with E-state index in [4.69, 9.17) is 11.6 Å². The third-order valence-corrected chi connectivity index (χ3v) is 5.17. The molecule has 6 nitrogen and oxygen atoms in total. The summed E-state index contributed by atoms with van der Waals surface area (Å²) in [5, 5.41) is 12.5. The quantitative estimate of drug-likeness (QED) is 0.492. The van der Waals surface area contributed by atoms with Crippen LogP contribution in [0.25, 0.3) is 0 Å². The average molecular weight is 420 g/mol. The number of benzene rings is 2. The van der Waals surface area contributed by atoms with Crippen LogP contribution in [0.1, 0.15) is 32.9 Å². The summed E-state index contributed by atoms with van der Waals surface area (Å²) in [7, 11) is 0. The number of nitrogens with one attached hydrogen (secondary N) is 1. The van der Waals surface area contributed by atoms with E-state index in [-0.39, 0.29) is 5.91 Å². The van der Waals surface area contributed by atoms with Gasteiger partial charge in [-0.25, -0.2) is 0 Å². The van der Waals surface area contributed by atoms with Gasteiger partial charge in [0, 0.05) is 23.0 Å². The lowest BCUT2D eigenvalue weighted by atomic mass is 10.1. The second-order valence-corrected chi connectivity index (χ2v) is 7.63. The van der Waals surface area contributed by atoms with Crippen LogP contribution in [0.3, 0.4) is 0 Å². The van der Waals surface area contributed by atoms with Gasteiger partial charge in [-0.3, -0.25) is 14.2 Å². The molecule has 30 heavy (non-hydrogen) atoms. The largest absolute Gasteiger partial charge is 0.319 e. The number of carbonyl (C=O) groups is 1. The van der Waals surface area contributed by atoms with Crippen molar-refractivity contribution in [3.63, 3.8) is 0 Å². The maximum atomic E-state index is 12.9. The summed E-state index contributed by atoms with van der Waals surface area (Å²) in [6, 6.07) is 17.1. The molecule has 2 heterocycles. The fraction of sp³-hybridized carbons (Fsp3) is 0.174. The van der Waals surface area contributed by atoms with Gasteiger partial charge in [-0.05, 0) is 55.3 Å². The van der Waals surface area contributed by atoms with Crippen LogP contribution in [0.2, 0.25) is 5.02 Å². The first-order valence-corrected chi connectivity index (χ1v) is 10.0. The number of nitrogens with zero attached hydrogens (tertiary/aromatic N) is 4. The van der Waals surface area contributed by atoms with Gasteiger partial charge < -0.3 is 5.32 Å². The van der Waals surface area contributed by atoms with Crippen molar-refractivity contribution in [2.45, 2.75) is 26.9 Å². The third-order valence-electron chi connectivity index (χ3n) is 4.93. The van der Waals surface area contributed by atoms with Gasteiger partial charge in [0.25, 0.3) is 5.91 Å². The number of amides is 1. The fourth-order valence-corrected chi connectivity index (χ4v) is 3.63. The molecule has 1 N–H and O–H groups in total. The van der Waals surface area contributed by atoms with Crippen LogP contribution in [-0.2, 0) is 13.1 Å². The summed E-state index contributed by atoms with van der Waals surface area (Å²) in [6.45, 7) is 5.05. The molecule has 0 aliphatic heterocycles. The topological polar surface area (TPSA) is 64.7 Å². The maximum Gasteiger partial charge on any atom is 0.255 e. The van der Waals surface area contributed by atoms with Crippen LogP contribution in [0.5, 0.6) is 0 Å². The predicted octanol–water partition coefficient (Wildman–Crippen LogP) is 4.70. The number of hydrogen-bond acceptors (Lipinski definition) is 3. The Labute approximate surface area is 180 Å². The fourth-order valence-electron chi connectivity index (χ4n) is 3.42. The summed E-state index contributed by atoms with van der Waals surface area (Å²) < 4.78 is 3.70. The molecule has 7 heteroatoms. The predicted molar refractivity (Wildman–Crippen MR) is 118 cm³/mol. The molecule has 0 radical (unpaired) electrons. The van der Waals surface area contributed by atoms with Gasteiger partial charge in [-0.1, -0.05) is 35.9 Å². The number of halogens is 1. The van der Waals surface area contributed by atoms with E-state index in [1.54, 1.807) is 6.20 Å². The number of aromatic nitrogens is 4. The molecule has 0 aliphatic carbocycles.